The van der Waals surface area contributed by atoms with Crippen LogP contribution in [-0.4, -0.2) is 47.1 Å². The standard InChI is InChI=1S/C20H33NO5Si/c1-20(2,3)27(6,7)26-14-13-16(19(23)25-5)21-18(22)17(24-4)15-11-9-8-10-12-15/h8-12,16-17H,13-14H2,1-7H3,(H,21,22)/t16-,17-/m1/s1. The zero-order chi connectivity index (χ0) is 20.7. The minimum absolute atomic E-state index is 0.0749. The number of rotatable bonds is 9. The third kappa shape index (κ3) is 6.75. The van der Waals surface area contributed by atoms with Gasteiger partial charge in [0.15, 0.2) is 14.4 Å². The fourth-order valence-electron chi connectivity index (χ4n) is 2.31. The molecule has 27 heavy (non-hydrogen) atoms. The summed E-state index contributed by atoms with van der Waals surface area (Å²) in [6, 6.07) is 8.36. The van der Waals surface area contributed by atoms with Gasteiger partial charge in [0.2, 0.25) is 0 Å². The summed E-state index contributed by atoms with van der Waals surface area (Å²) in [7, 11) is 0.842. The molecule has 0 spiro atoms. The van der Waals surface area contributed by atoms with Gasteiger partial charge in [0, 0.05) is 20.1 Å². The topological polar surface area (TPSA) is 73.9 Å². The molecule has 1 rings (SSSR count). The first-order valence-corrected chi connectivity index (χ1v) is 12.0. The van der Waals surface area contributed by atoms with E-state index in [2.05, 4.69) is 39.2 Å². The van der Waals surface area contributed by atoms with Crippen molar-refractivity contribution in [2.24, 2.45) is 0 Å². The molecule has 0 heterocycles. The predicted molar refractivity (Wildman–Crippen MR) is 108 cm³/mol. The van der Waals surface area contributed by atoms with Gasteiger partial charge in [-0.15, -0.1) is 0 Å². The van der Waals surface area contributed by atoms with Crippen molar-refractivity contribution in [2.45, 2.75) is 57.5 Å². The number of carbonyl (C=O) groups excluding carboxylic acids is 2. The summed E-state index contributed by atoms with van der Waals surface area (Å²) in [6.07, 6.45) is -0.449. The van der Waals surface area contributed by atoms with E-state index in [0.29, 0.717) is 13.0 Å². The van der Waals surface area contributed by atoms with Crippen molar-refractivity contribution >= 4 is 20.2 Å². The van der Waals surface area contributed by atoms with Gasteiger partial charge in [-0.2, -0.15) is 0 Å². The summed E-state index contributed by atoms with van der Waals surface area (Å²) in [5, 5.41) is 2.81. The summed E-state index contributed by atoms with van der Waals surface area (Å²) < 4.78 is 16.3. The summed E-state index contributed by atoms with van der Waals surface area (Å²) in [4.78, 5) is 24.8. The van der Waals surface area contributed by atoms with Gasteiger partial charge in [0.05, 0.1) is 7.11 Å². The maximum Gasteiger partial charge on any atom is 0.328 e. The van der Waals surface area contributed by atoms with Gasteiger partial charge in [0.25, 0.3) is 5.91 Å². The van der Waals surface area contributed by atoms with Gasteiger partial charge < -0.3 is 19.2 Å². The van der Waals surface area contributed by atoms with Crippen molar-refractivity contribution in [3.8, 4) is 0 Å². The fraction of sp³-hybridized carbons (Fsp3) is 0.600. The van der Waals surface area contributed by atoms with E-state index in [-0.39, 0.29) is 10.9 Å². The molecule has 0 unspecified atom stereocenters. The maximum atomic E-state index is 12.6. The Morgan fingerprint density at radius 3 is 2.19 bits per heavy atom. The second-order valence-electron chi connectivity index (χ2n) is 8.01. The Balaban J connectivity index is 2.77. The molecule has 1 amide bonds. The molecule has 152 valence electrons. The second-order valence-corrected chi connectivity index (χ2v) is 12.8. The molecule has 0 radical (unpaired) electrons. The Kier molecular flexibility index (Phi) is 8.65. The highest BCUT2D eigenvalue weighted by Gasteiger charge is 2.37. The number of amides is 1. The lowest BCUT2D eigenvalue weighted by atomic mass is 10.1. The zero-order valence-electron chi connectivity index (χ0n) is 17.5. The van der Waals surface area contributed by atoms with E-state index in [1.807, 2.05) is 30.3 Å². The normalized spacial score (nSPS) is 14.3. The first-order chi connectivity index (χ1) is 12.5. The molecule has 0 bridgehead atoms. The molecule has 2 atom stereocenters. The van der Waals surface area contributed by atoms with Crippen LogP contribution in [0.3, 0.4) is 0 Å². The Hall–Kier alpha value is -1.70. The van der Waals surface area contributed by atoms with Crippen LogP contribution in [0.1, 0.15) is 38.9 Å². The van der Waals surface area contributed by atoms with E-state index in [1.165, 1.54) is 14.2 Å². The highest BCUT2D eigenvalue weighted by Crippen LogP contribution is 2.36. The van der Waals surface area contributed by atoms with E-state index < -0.39 is 26.4 Å². The molecule has 1 aromatic rings. The Morgan fingerprint density at radius 2 is 1.70 bits per heavy atom. The van der Waals surface area contributed by atoms with Crippen LogP contribution in [0, 0.1) is 0 Å². The first kappa shape index (κ1) is 23.3. The summed E-state index contributed by atoms with van der Waals surface area (Å²) in [5.41, 5.74) is 0.721. The molecule has 0 aliphatic carbocycles. The van der Waals surface area contributed by atoms with E-state index >= 15 is 0 Å². The SMILES string of the molecule is COC(=O)[C@@H](CCO[Si](C)(C)C(C)(C)C)NC(=O)[C@H](OC)c1ccccc1. The van der Waals surface area contributed by atoms with Gasteiger partial charge in [-0.3, -0.25) is 4.79 Å². The lowest BCUT2D eigenvalue weighted by Crippen LogP contribution is -2.46. The minimum Gasteiger partial charge on any atom is -0.467 e. The second kappa shape index (κ2) is 10.0. The van der Waals surface area contributed by atoms with Crippen molar-refractivity contribution in [3.05, 3.63) is 35.9 Å². The first-order valence-electron chi connectivity index (χ1n) is 9.13. The van der Waals surface area contributed by atoms with Crippen molar-refractivity contribution in [1.82, 2.24) is 5.32 Å². The molecule has 6 nitrogen and oxygen atoms in total. The molecule has 0 aromatic heterocycles. The lowest BCUT2D eigenvalue weighted by molar-refractivity contribution is -0.147. The van der Waals surface area contributed by atoms with Crippen molar-refractivity contribution in [3.63, 3.8) is 0 Å². The summed E-state index contributed by atoms with van der Waals surface area (Å²) in [5.74, 6) is -0.878. The Labute approximate surface area is 163 Å². The number of benzene rings is 1. The number of hydrogen-bond acceptors (Lipinski definition) is 5. The minimum atomic E-state index is -1.93. The zero-order valence-corrected chi connectivity index (χ0v) is 18.5. The molecule has 0 saturated heterocycles. The molecular weight excluding hydrogens is 362 g/mol. The average Bonchev–Trinajstić information content (AvgIpc) is 2.60. The van der Waals surface area contributed by atoms with Crippen LogP contribution in [0.5, 0.6) is 0 Å². The number of esters is 1. The van der Waals surface area contributed by atoms with E-state index in [9.17, 15) is 9.59 Å². The van der Waals surface area contributed by atoms with Crippen LogP contribution in [-0.2, 0) is 23.5 Å². The monoisotopic (exact) mass is 395 g/mol. The van der Waals surface area contributed by atoms with Gasteiger partial charge in [-0.25, -0.2) is 4.79 Å². The van der Waals surface area contributed by atoms with Crippen LogP contribution < -0.4 is 5.32 Å². The van der Waals surface area contributed by atoms with E-state index in [0.717, 1.165) is 5.56 Å². The van der Waals surface area contributed by atoms with E-state index in [4.69, 9.17) is 13.9 Å². The highest BCUT2D eigenvalue weighted by atomic mass is 28.4. The number of hydrogen-bond donors (Lipinski definition) is 1. The van der Waals surface area contributed by atoms with Gasteiger partial charge in [-0.1, -0.05) is 51.1 Å². The van der Waals surface area contributed by atoms with Crippen LogP contribution in [0.25, 0.3) is 0 Å². The molecular formula is C20H33NO5Si. The summed E-state index contributed by atoms with van der Waals surface area (Å²) in [6.45, 7) is 11.1. The van der Waals surface area contributed by atoms with Crippen LogP contribution in [0.2, 0.25) is 18.1 Å². The fourth-order valence-corrected chi connectivity index (χ4v) is 3.37. The summed E-state index contributed by atoms with van der Waals surface area (Å²) >= 11 is 0. The quantitative estimate of drug-likeness (QED) is 0.512. The van der Waals surface area contributed by atoms with Crippen molar-refractivity contribution in [1.29, 1.82) is 0 Å². The Bertz CT molecular complexity index is 613. The number of methoxy groups -OCH3 is 2. The molecule has 1 aromatic carbocycles. The lowest BCUT2D eigenvalue weighted by Gasteiger charge is -2.36. The van der Waals surface area contributed by atoms with E-state index in [1.54, 1.807) is 0 Å². The van der Waals surface area contributed by atoms with Crippen LogP contribution in [0.4, 0.5) is 0 Å². The van der Waals surface area contributed by atoms with Crippen molar-refractivity contribution in [2.75, 3.05) is 20.8 Å². The molecule has 0 aliphatic heterocycles. The third-order valence-electron chi connectivity index (χ3n) is 5.05. The number of ether oxygens (including phenoxy) is 2. The molecule has 0 saturated carbocycles. The van der Waals surface area contributed by atoms with Crippen LogP contribution in [0.15, 0.2) is 30.3 Å². The Morgan fingerprint density at radius 1 is 1.11 bits per heavy atom. The molecule has 1 N–H and O–H groups in total. The third-order valence-corrected chi connectivity index (χ3v) is 9.59. The smallest absolute Gasteiger partial charge is 0.328 e. The number of nitrogens with one attached hydrogen (secondary N) is 1. The van der Waals surface area contributed by atoms with Gasteiger partial charge in [0.1, 0.15) is 6.04 Å². The van der Waals surface area contributed by atoms with Gasteiger partial charge in [-0.05, 0) is 23.7 Å². The number of carbonyl (C=O) groups is 2. The molecule has 7 heteroatoms. The van der Waals surface area contributed by atoms with Crippen molar-refractivity contribution < 1.29 is 23.5 Å². The molecule has 0 fully saturated rings. The average molecular weight is 396 g/mol. The highest BCUT2D eigenvalue weighted by molar-refractivity contribution is 6.74. The van der Waals surface area contributed by atoms with Gasteiger partial charge >= 0.3 is 5.97 Å². The largest absolute Gasteiger partial charge is 0.467 e. The molecule has 0 aliphatic rings. The maximum absolute atomic E-state index is 12.6. The predicted octanol–water partition coefficient (Wildman–Crippen LogP) is 3.44. The van der Waals surface area contributed by atoms with Crippen LogP contribution >= 0.6 is 0 Å².